The molecule has 1 aromatic carbocycles. The monoisotopic (exact) mass is 408 g/mol. The number of nitrogens with zero attached hydrogens (tertiary/aromatic N) is 3. The van der Waals surface area contributed by atoms with Crippen molar-refractivity contribution in [3.8, 4) is 0 Å². The Bertz CT molecular complexity index is 878. The van der Waals surface area contributed by atoms with Crippen molar-refractivity contribution in [1.82, 2.24) is 0 Å². The van der Waals surface area contributed by atoms with E-state index >= 15 is 0 Å². The number of benzene rings is 1. The van der Waals surface area contributed by atoms with Crippen molar-refractivity contribution < 1.29 is 4.79 Å². The number of carbonyl (C=O) groups is 1. The molecule has 0 aromatic heterocycles. The Morgan fingerprint density at radius 2 is 1.67 bits per heavy atom. The Morgan fingerprint density at radius 1 is 1.03 bits per heavy atom. The lowest BCUT2D eigenvalue weighted by molar-refractivity contribution is -0.120. The van der Waals surface area contributed by atoms with Crippen LogP contribution in [0.2, 0.25) is 0 Å². The number of allylic oxidation sites excluding steroid dienone is 2. The van der Waals surface area contributed by atoms with E-state index in [0.717, 1.165) is 24.0 Å². The molecule has 4 N–H and O–H groups in total. The normalized spacial score (nSPS) is 29.1. The highest BCUT2D eigenvalue weighted by Crippen LogP contribution is 2.57. The van der Waals surface area contributed by atoms with Crippen LogP contribution in [0.15, 0.2) is 51.4 Å². The average Bonchev–Trinajstić information content (AvgIpc) is 3.00. The van der Waals surface area contributed by atoms with Crippen LogP contribution in [0.25, 0.3) is 5.57 Å². The van der Waals surface area contributed by atoms with E-state index in [4.69, 9.17) is 16.9 Å². The van der Waals surface area contributed by atoms with Gasteiger partial charge in [-0.2, -0.15) is 15.3 Å². The van der Waals surface area contributed by atoms with Gasteiger partial charge in [-0.3, -0.25) is 4.79 Å². The molecule has 1 atom stereocenters. The highest BCUT2D eigenvalue weighted by atomic mass is 16.1. The van der Waals surface area contributed by atoms with Gasteiger partial charge in [0, 0.05) is 5.57 Å². The first kappa shape index (κ1) is 22.0. The minimum Gasteiger partial charge on any atom is -0.323 e. The second-order valence-electron chi connectivity index (χ2n) is 9.18. The van der Waals surface area contributed by atoms with E-state index in [9.17, 15) is 4.79 Å². The Balaban J connectivity index is 1.99. The van der Waals surface area contributed by atoms with Crippen LogP contribution in [-0.4, -0.2) is 17.0 Å². The lowest BCUT2D eigenvalue weighted by Crippen LogP contribution is -2.45. The number of carbonyl (C=O) groups excluding carboxylic acids is 1. The maximum absolute atomic E-state index is 13.5. The van der Waals surface area contributed by atoms with E-state index in [0.29, 0.717) is 31.6 Å². The fourth-order valence-electron chi connectivity index (χ4n) is 5.19. The molecule has 1 fully saturated rings. The first-order valence-electron chi connectivity index (χ1n) is 10.7. The SMILES string of the molecule is CC(C)CCC(C)C1(N=N)CCC2(CC1)C(=O)C(=NN)C(N=N)=C2c1ccccc1. The molecular weight excluding hydrogens is 376 g/mol. The van der Waals surface area contributed by atoms with Crippen LogP contribution in [0.3, 0.4) is 0 Å². The van der Waals surface area contributed by atoms with Gasteiger partial charge in [-0.05, 0) is 49.5 Å². The second kappa shape index (κ2) is 8.58. The van der Waals surface area contributed by atoms with Gasteiger partial charge in [0.25, 0.3) is 0 Å². The third-order valence-electron chi connectivity index (χ3n) is 7.18. The molecule has 0 amide bonds. The van der Waals surface area contributed by atoms with Gasteiger partial charge in [0.15, 0.2) is 11.5 Å². The van der Waals surface area contributed by atoms with Gasteiger partial charge in [0.1, 0.15) is 5.70 Å². The molecule has 2 aliphatic carbocycles. The summed E-state index contributed by atoms with van der Waals surface area (Å²) in [5.74, 6) is 6.29. The largest absolute Gasteiger partial charge is 0.323 e. The predicted octanol–water partition coefficient (Wildman–Crippen LogP) is 5.73. The van der Waals surface area contributed by atoms with E-state index in [1.807, 2.05) is 30.3 Å². The molecule has 0 heterocycles. The van der Waals surface area contributed by atoms with Crippen molar-refractivity contribution in [2.75, 3.05) is 0 Å². The smallest absolute Gasteiger partial charge is 0.195 e. The number of Topliss-reactive ketones (excluding diaryl/α,β-unsaturated/α-hetero) is 1. The number of rotatable bonds is 7. The summed E-state index contributed by atoms with van der Waals surface area (Å²) in [6.07, 6.45) is 4.54. The van der Waals surface area contributed by atoms with E-state index in [1.165, 1.54) is 0 Å². The average molecular weight is 409 g/mol. The van der Waals surface area contributed by atoms with E-state index in [1.54, 1.807) is 0 Å². The second-order valence-corrected chi connectivity index (χ2v) is 9.18. The topological polar surface area (TPSA) is 128 Å². The van der Waals surface area contributed by atoms with Crippen LogP contribution in [0.1, 0.15) is 64.9 Å². The Kier molecular flexibility index (Phi) is 6.29. The van der Waals surface area contributed by atoms with E-state index in [-0.39, 0.29) is 23.1 Å². The minimum absolute atomic E-state index is 0.0898. The van der Waals surface area contributed by atoms with Crippen LogP contribution in [-0.2, 0) is 4.79 Å². The molecule has 1 saturated carbocycles. The highest BCUT2D eigenvalue weighted by Gasteiger charge is 2.57. The van der Waals surface area contributed by atoms with Crippen molar-refractivity contribution in [3.05, 3.63) is 41.6 Å². The van der Waals surface area contributed by atoms with E-state index < -0.39 is 11.0 Å². The van der Waals surface area contributed by atoms with Crippen molar-refractivity contribution in [3.63, 3.8) is 0 Å². The van der Waals surface area contributed by atoms with Crippen LogP contribution >= 0.6 is 0 Å². The summed E-state index contributed by atoms with van der Waals surface area (Å²) < 4.78 is 0. The molecule has 0 radical (unpaired) electrons. The third-order valence-corrected chi connectivity index (χ3v) is 7.18. The van der Waals surface area contributed by atoms with Crippen LogP contribution < -0.4 is 5.84 Å². The summed E-state index contributed by atoms with van der Waals surface area (Å²) in [7, 11) is 0. The van der Waals surface area contributed by atoms with Gasteiger partial charge < -0.3 is 5.84 Å². The molecule has 0 bridgehead atoms. The van der Waals surface area contributed by atoms with Gasteiger partial charge in [-0.25, -0.2) is 11.1 Å². The standard InChI is InChI=1S/C23H32N6O/c1-15(2)9-10-16(3)23(29-26)13-11-22(12-14-23)18(17-7-5-4-6-8-17)19(27-24)20(28-25)21(22)30/h4-8,15-16,24,26H,9-14,25H2,1-3H3. The lowest BCUT2D eigenvalue weighted by Gasteiger charge is -2.45. The van der Waals surface area contributed by atoms with Crippen molar-refractivity contribution >= 4 is 17.1 Å². The molecule has 7 heteroatoms. The number of hydrogen-bond acceptors (Lipinski definition) is 7. The maximum Gasteiger partial charge on any atom is 0.195 e. The third kappa shape index (κ3) is 3.50. The van der Waals surface area contributed by atoms with Crippen molar-refractivity contribution in [1.29, 1.82) is 11.1 Å². The fourth-order valence-corrected chi connectivity index (χ4v) is 5.19. The van der Waals surface area contributed by atoms with Crippen LogP contribution in [0, 0.1) is 28.3 Å². The number of ketones is 1. The molecule has 0 saturated heterocycles. The number of nitrogens with one attached hydrogen (secondary N) is 2. The zero-order valence-corrected chi connectivity index (χ0v) is 18.1. The first-order valence-corrected chi connectivity index (χ1v) is 10.7. The van der Waals surface area contributed by atoms with Gasteiger partial charge in [0.05, 0.1) is 11.0 Å². The fraction of sp³-hybridized carbons (Fsp3) is 0.565. The first-order chi connectivity index (χ1) is 14.3. The summed E-state index contributed by atoms with van der Waals surface area (Å²) in [6, 6.07) is 9.64. The van der Waals surface area contributed by atoms with Gasteiger partial charge in [0.2, 0.25) is 0 Å². The molecular formula is C23H32N6O. The Morgan fingerprint density at radius 3 is 2.17 bits per heavy atom. The summed E-state index contributed by atoms with van der Waals surface area (Å²) in [4.78, 5) is 13.5. The Hall–Kier alpha value is -2.70. The lowest BCUT2D eigenvalue weighted by atomic mass is 9.59. The summed E-state index contributed by atoms with van der Waals surface area (Å²) in [5.41, 5.74) is 16.4. The quantitative estimate of drug-likeness (QED) is 0.302. The van der Waals surface area contributed by atoms with Gasteiger partial charge >= 0.3 is 0 Å². The molecule has 7 nitrogen and oxygen atoms in total. The molecule has 3 rings (SSSR count). The minimum atomic E-state index is -0.800. The predicted molar refractivity (Wildman–Crippen MR) is 117 cm³/mol. The summed E-state index contributed by atoms with van der Waals surface area (Å²) in [6.45, 7) is 6.60. The van der Waals surface area contributed by atoms with Gasteiger partial charge in [-0.15, -0.1) is 0 Å². The maximum atomic E-state index is 13.5. The molecule has 30 heavy (non-hydrogen) atoms. The molecule has 160 valence electrons. The Labute approximate surface area is 178 Å². The molecule has 1 unspecified atom stereocenters. The molecule has 0 aliphatic heterocycles. The molecule has 1 spiro atoms. The number of hydrogen-bond donors (Lipinski definition) is 3. The summed E-state index contributed by atoms with van der Waals surface area (Å²) >= 11 is 0. The highest BCUT2D eigenvalue weighted by molar-refractivity contribution is 6.54. The molecule has 1 aromatic rings. The zero-order chi connectivity index (χ0) is 21.9. The zero-order valence-electron chi connectivity index (χ0n) is 18.1. The summed E-state index contributed by atoms with van der Waals surface area (Å²) in [5, 5.41) is 11.5. The number of nitrogens with two attached hydrogens (primary N) is 1. The van der Waals surface area contributed by atoms with Crippen LogP contribution in [0.5, 0.6) is 0 Å². The van der Waals surface area contributed by atoms with Gasteiger partial charge in [-0.1, -0.05) is 57.5 Å². The molecule has 2 aliphatic rings. The van der Waals surface area contributed by atoms with Crippen molar-refractivity contribution in [2.24, 2.45) is 38.4 Å². The number of hydrazone groups is 1. The van der Waals surface area contributed by atoms with E-state index in [2.05, 4.69) is 36.1 Å². The van der Waals surface area contributed by atoms with Crippen molar-refractivity contribution in [2.45, 2.75) is 64.8 Å². The van der Waals surface area contributed by atoms with Crippen LogP contribution in [0.4, 0.5) is 0 Å².